The van der Waals surface area contributed by atoms with E-state index >= 15 is 0 Å². The first-order valence-corrected chi connectivity index (χ1v) is 6.42. The molecule has 0 rings (SSSR count). The molecule has 94 valence electrons. The van der Waals surface area contributed by atoms with Gasteiger partial charge in [-0.3, -0.25) is 4.90 Å². The molecule has 0 aliphatic carbocycles. The minimum Gasteiger partial charge on any atom is -0.316 e. The Kier molecular flexibility index (Phi) is 8.33. The number of hydrogen-bond donors (Lipinski definition) is 1. The second kappa shape index (κ2) is 8.61. The molecule has 0 radical (unpaired) electrons. The average molecular weight is 224 g/mol. The van der Waals surface area contributed by atoms with Gasteiger partial charge in [0.15, 0.2) is 0 Å². The van der Waals surface area contributed by atoms with Gasteiger partial charge in [-0.1, -0.05) is 33.6 Å². The van der Waals surface area contributed by atoms with Crippen LogP contribution in [0.1, 0.15) is 40.5 Å². The molecule has 16 heavy (non-hydrogen) atoms. The van der Waals surface area contributed by atoms with Crippen LogP contribution < -0.4 is 5.32 Å². The van der Waals surface area contributed by atoms with E-state index in [1.54, 1.807) is 0 Å². The summed E-state index contributed by atoms with van der Waals surface area (Å²) in [5.41, 5.74) is 0.293. The van der Waals surface area contributed by atoms with Crippen molar-refractivity contribution in [3.8, 4) is 12.3 Å². The minimum atomic E-state index is 0.293. The Labute approximate surface area is 102 Å². The summed E-state index contributed by atoms with van der Waals surface area (Å²) in [5.74, 6) is 2.75. The third-order valence-electron chi connectivity index (χ3n) is 2.54. The maximum absolute atomic E-state index is 5.39. The largest absolute Gasteiger partial charge is 0.316 e. The highest BCUT2D eigenvalue weighted by atomic mass is 15.1. The summed E-state index contributed by atoms with van der Waals surface area (Å²) >= 11 is 0. The van der Waals surface area contributed by atoms with Crippen molar-refractivity contribution in [2.45, 2.75) is 40.5 Å². The molecule has 0 amide bonds. The summed E-state index contributed by atoms with van der Waals surface area (Å²) in [7, 11) is 0. The molecule has 0 fully saturated rings. The van der Waals surface area contributed by atoms with Gasteiger partial charge in [0.1, 0.15) is 0 Å². The van der Waals surface area contributed by atoms with Crippen molar-refractivity contribution in [1.82, 2.24) is 10.2 Å². The monoisotopic (exact) mass is 224 g/mol. The lowest BCUT2D eigenvalue weighted by molar-refractivity contribution is 0.191. The number of rotatable bonds is 9. The van der Waals surface area contributed by atoms with E-state index in [1.807, 2.05) is 0 Å². The first-order valence-electron chi connectivity index (χ1n) is 6.42. The molecule has 1 N–H and O–H groups in total. The summed E-state index contributed by atoms with van der Waals surface area (Å²) in [6, 6.07) is 0. The first kappa shape index (κ1) is 15.5. The summed E-state index contributed by atoms with van der Waals surface area (Å²) in [6.07, 6.45) is 7.75. The SMILES string of the molecule is C#CCN(CCC)CC(C)(C)CNCCC. The van der Waals surface area contributed by atoms with E-state index < -0.39 is 0 Å². The topological polar surface area (TPSA) is 15.3 Å². The highest BCUT2D eigenvalue weighted by Gasteiger charge is 2.20. The summed E-state index contributed by atoms with van der Waals surface area (Å²) in [6.45, 7) is 14.1. The Morgan fingerprint density at radius 3 is 2.44 bits per heavy atom. The van der Waals surface area contributed by atoms with Gasteiger partial charge in [-0.25, -0.2) is 0 Å². The van der Waals surface area contributed by atoms with Crippen molar-refractivity contribution in [2.75, 3.05) is 32.7 Å². The van der Waals surface area contributed by atoms with Crippen molar-refractivity contribution in [3.05, 3.63) is 0 Å². The van der Waals surface area contributed by atoms with E-state index in [0.29, 0.717) is 5.41 Å². The van der Waals surface area contributed by atoms with Crippen molar-refractivity contribution in [3.63, 3.8) is 0 Å². The zero-order chi connectivity index (χ0) is 12.4. The fourth-order valence-corrected chi connectivity index (χ4v) is 1.92. The smallest absolute Gasteiger partial charge is 0.0599 e. The third kappa shape index (κ3) is 7.73. The van der Waals surface area contributed by atoms with Crippen LogP contribution in [0, 0.1) is 17.8 Å². The average Bonchev–Trinajstić information content (AvgIpc) is 2.18. The van der Waals surface area contributed by atoms with Gasteiger partial charge in [0, 0.05) is 13.1 Å². The molecule has 0 saturated heterocycles. The number of terminal acetylenes is 1. The molecule has 0 aliphatic rings. The Morgan fingerprint density at radius 1 is 1.25 bits per heavy atom. The van der Waals surface area contributed by atoms with E-state index in [9.17, 15) is 0 Å². The van der Waals surface area contributed by atoms with E-state index in [4.69, 9.17) is 6.42 Å². The predicted molar refractivity (Wildman–Crippen MR) is 72.5 cm³/mol. The molecule has 0 aromatic carbocycles. The van der Waals surface area contributed by atoms with Gasteiger partial charge >= 0.3 is 0 Å². The van der Waals surface area contributed by atoms with Crippen LogP contribution in [-0.2, 0) is 0 Å². The molecule has 0 saturated carbocycles. The standard InChI is InChI=1S/C14H28N2/c1-6-9-15-12-14(4,5)13-16(10-7-2)11-8-3/h2,15H,6,8-13H2,1,3-5H3. The Hall–Kier alpha value is -0.520. The molecule has 0 heterocycles. The van der Waals surface area contributed by atoms with Crippen molar-refractivity contribution < 1.29 is 0 Å². The molecule has 0 aromatic heterocycles. The quantitative estimate of drug-likeness (QED) is 0.478. The molecular weight excluding hydrogens is 196 g/mol. The van der Waals surface area contributed by atoms with Gasteiger partial charge in [-0.2, -0.15) is 0 Å². The van der Waals surface area contributed by atoms with Crippen LogP contribution in [0.4, 0.5) is 0 Å². The van der Waals surface area contributed by atoms with Gasteiger partial charge in [0.05, 0.1) is 6.54 Å². The van der Waals surface area contributed by atoms with Gasteiger partial charge in [0.2, 0.25) is 0 Å². The molecular formula is C14H28N2. The molecule has 0 unspecified atom stereocenters. The molecule has 0 atom stereocenters. The Balaban J connectivity index is 4.02. The van der Waals surface area contributed by atoms with Crippen LogP contribution in [0.5, 0.6) is 0 Å². The molecule has 0 spiro atoms. The molecule has 2 nitrogen and oxygen atoms in total. The number of nitrogens with one attached hydrogen (secondary N) is 1. The van der Waals surface area contributed by atoms with Crippen molar-refractivity contribution in [2.24, 2.45) is 5.41 Å². The van der Waals surface area contributed by atoms with Gasteiger partial charge in [-0.15, -0.1) is 6.42 Å². The van der Waals surface area contributed by atoms with Crippen LogP contribution in [-0.4, -0.2) is 37.6 Å². The highest BCUT2D eigenvalue weighted by molar-refractivity contribution is 4.89. The normalized spacial score (nSPS) is 11.8. The van der Waals surface area contributed by atoms with Crippen LogP contribution in [0.15, 0.2) is 0 Å². The van der Waals surface area contributed by atoms with E-state index in [0.717, 1.165) is 32.7 Å². The summed E-state index contributed by atoms with van der Waals surface area (Å²) < 4.78 is 0. The van der Waals surface area contributed by atoms with Gasteiger partial charge in [-0.05, 0) is 31.3 Å². The van der Waals surface area contributed by atoms with E-state index in [-0.39, 0.29) is 0 Å². The van der Waals surface area contributed by atoms with Crippen LogP contribution in [0.2, 0.25) is 0 Å². The van der Waals surface area contributed by atoms with Crippen molar-refractivity contribution in [1.29, 1.82) is 0 Å². The molecule has 0 aromatic rings. The first-order chi connectivity index (χ1) is 7.55. The van der Waals surface area contributed by atoms with E-state index in [2.05, 4.69) is 43.8 Å². The Bertz CT molecular complexity index is 203. The second-order valence-corrected chi connectivity index (χ2v) is 5.26. The lowest BCUT2D eigenvalue weighted by Crippen LogP contribution is -2.41. The molecule has 0 bridgehead atoms. The fourth-order valence-electron chi connectivity index (χ4n) is 1.92. The fraction of sp³-hybridized carbons (Fsp3) is 0.857. The lowest BCUT2D eigenvalue weighted by Gasteiger charge is -2.31. The Morgan fingerprint density at radius 2 is 1.94 bits per heavy atom. The molecule has 0 aliphatic heterocycles. The highest BCUT2D eigenvalue weighted by Crippen LogP contribution is 2.15. The second-order valence-electron chi connectivity index (χ2n) is 5.26. The van der Waals surface area contributed by atoms with Crippen molar-refractivity contribution >= 4 is 0 Å². The number of nitrogens with zero attached hydrogens (tertiary/aromatic N) is 1. The van der Waals surface area contributed by atoms with Gasteiger partial charge in [0.25, 0.3) is 0 Å². The third-order valence-corrected chi connectivity index (χ3v) is 2.54. The zero-order valence-electron chi connectivity index (χ0n) is 11.5. The zero-order valence-corrected chi connectivity index (χ0v) is 11.5. The number of hydrogen-bond acceptors (Lipinski definition) is 2. The van der Waals surface area contributed by atoms with Crippen LogP contribution in [0.25, 0.3) is 0 Å². The van der Waals surface area contributed by atoms with Crippen LogP contribution in [0.3, 0.4) is 0 Å². The maximum atomic E-state index is 5.39. The lowest BCUT2D eigenvalue weighted by atomic mass is 9.92. The van der Waals surface area contributed by atoms with Gasteiger partial charge < -0.3 is 5.32 Å². The maximum Gasteiger partial charge on any atom is 0.0599 e. The van der Waals surface area contributed by atoms with Crippen LogP contribution >= 0.6 is 0 Å². The predicted octanol–water partition coefficient (Wildman–Crippen LogP) is 2.36. The van der Waals surface area contributed by atoms with E-state index in [1.165, 1.54) is 12.8 Å². The summed E-state index contributed by atoms with van der Waals surface area (Å²) in [4.78, 5) is 2.37. The summed E-state index contributed by atoms with van der Waals surface area (Å²) in [5, 5.41) is 3.49. The minimum absolute atomic E-state index is 0.293. The molecule has 2 heteroatoms.